The fraction of sp³-hybridized carbons (Fsp3) is 0.231. The molecular formula is C13H14ClN5O2. The van der Waals surface area contributed by atoms with Crippen LogP contribution in [0.4, 0.5) is 17.5 Å². The van der Waals surface area contributed by atoms with Gasteiger partial charge < -0.3 is 10.6 Å². The highest BCUT2D eigenvalue weighted by atomic mass is 35.5. The number of aromatic nitrogens is 2. The lowest BCUT2D eigenvalue weighted by atomic mass is 10.1. The van der Waals surface area contributed by atoms with E-state index in [9.17, 15) is 10.1 Å². The van der Waals surface area contributed by atoms with Crippen LogP contribution < -0.4 is 10.6 Å². The lowest BCUT2D eigenvalue weighted by molar-refractivity contribution is -0.384. The first kappa shape index (κ1) is 15.0. The van der Waals surface area contributed by atoms with Crippen molar-refractivity contribution in [1.82, 2.24) is 9.97 Å². The highest BCUT2D eigenvalue weighted by Gasteiger charge is 2.19. The average Bonchev–Trinajstić information content (AvgIpc) is 2.46. The van der Waals surface area contributed by atoms with Gasteiger partial charge in [-0.2, -0.15) is 4.98 Å². The van der Waals surface area contributed by atoms with Gasteiger partial charge in [0, 0.05) is 12.1 Å². The SMILES string of the molecule is CNc1ncc([N+](=O)[O-])c(NC(C)c2cccc(Cl)c2)n1. The Morgan fingerprint density at radius 2 is 2.19 bits per heavy atom. The van der Waals surface area contributed by atoms with Gasteiger partial charge in [0.2, 0.25) is 11.8 Å². The van der Waals surface area contributed by atoms with E-state index in [4.69, 9.17) is 11.6 Å². The molecule has 2 aromatic rings. The minimum Gasteiger partial charge on any atom is -0.358 e. The van der Waals surface area contributed by atoms with Crippen LogP contribution >= 0.6 is 11.6 Å². The molecule has 1 aromatic heterocycles. The van der Waals surface area contributed by atoms with Gasteiger partial charge in [-0.05, 0) is 24.6 Å². The Morgan fingerprint density at radius 1 is 1.43 bits per heavy atom. The molecule has 0 aliphatic rings. The smallest absolute Gasteiger partial charge is 0.329 e. The molecule has 2 rings (SSSR count). The molecule has 0 saturated carbocycles. The Balaban J connectivity index is 2.31. The number of rotatable bonds is 5. The van der Waals surface area contributed by atoms with Gasteiger partial charge in [0.25, 0.3) is 0 Å². The van der Waals surface area contributed by atoms with Crippen molar-refractivity contribution >= 4 is 29.1 Å². The lowest BCUT2D eigenvalue weighted by Gasteiger charge is -2.15. The molecule has 0 spiro atoms. The summed E-state index contributed by atoms with van der Waals surface area (Å²) in [6.45, 7) is 1.87. The fourth-order valence-electron chi connectivity index (χ4n) is 1.80. The molecule has 0 aliphatic carbocycles. The zero-order chi connectivity index (χ0) is 15.4. The third-order valence-corrected chi connectivity index (χ3v) is 3.13. The van der Waals surface area contributed by atoms with Crippen molar-refractivity contribution < 1.29 is 4.92 Å². The number of nitrogens with one attached hydrogen (secondary N) is 2. The summed E-state index contributed by atoms with van der Waals surface area (Å²) >= 11 is 5.95. The summed E-state index contributed by atoms with van der Waals surface area (Å²) in [6.07, 6.45) is 1.17. The highest BCUT2D eigenvalue weighted by molar-refractivity contribution is 6.30. The fourth-order valence-corrected chi connectivity index (χ4v) is 2.00. The Hall–Kier alpha value is -2.41. The first-order valence-electron chi connectivity index (χ1n) is 6.22. The van der Waals surface area contributed by atoms with E-state index in [1.165, 1.54) is 6.20 Å². The van der Waals surface area contributed by atoms with E-state index in [1.807, 2.05) is 19.1 Å². The number of halogens is 1. The van der Waals surface area contributed by atoms with Crippen LogP contribution in [0.1, 0.15) is 18.5 Å². The number of anilines is 2. The van der Waals surface area contributed by atoms with E-state index >= 15 is 0 Å². The van der Waals surface area contributed by atoms with Gasteiger partial charge in [-0.15, -0.1) is 0 Å². The van der Waals surface area contributed by atoms with Crippen LogP contribution in [0.2, 0.25) is 5.02 Å². The molecule has 1 aromatic carbocycles. The molecule has 110 valence electrons. The zero-order valence-electron chi connectivity index (χ0n) is 11.5. The third kappa shape index (κ3) is 3.57. The van der Waals surface area contributed by atoms with Crippen LogP contribution in [0, 0.1) is 10.1 Å². The van der Waals surface area contributed by atoms with Crippen molar-refractivity contribution in [2.45, 2.75) is 13.0 Å². The highest BCUT2D eigenvalue weighted by Crippen LogP contribution is 2.27. The van der Waals surface area contributed by atoms with Gasteiger partial charge in [0.1, 0.15) is 6.20 Å². The van der Waals surface area contributed by atoms with Crippen molar-refractivity contribution in [1.29, 1.82) is 0 Å². The zero-order valence-corrected chi connectivity index (χ0v) is 12.3. The summed E-state index contributed by atoms with van der Waals surface area (Å²) < 4.78 is 0. The van der Waals surface area contributed by atoms with Crippen LogP contribution in [0.15, 0.2) is 30.5 Å². The van der Waals surface area contributed by atoms with Crippen LogP contribution in [0.3, 0.4) is 0 Å². The molecule has 8 heteroatoms. The maximum atomic E-state index is 11.0. The maximum Gasteiger partial charge on any atom is 0.329 e. The van der Waals surface area contributed by atoms with Gasteiger partial charge >= 0.3 is 5.69 Å². The normalized spacial score (nSPS) is 11.8. The minimum absolute atomic E-state index is 0.159. The third-order valence-electron chi connectivity index (χ3n) is 2.89. The van der Waals surface area contributed by atoms with Crippen molar-refractivity contribution in [3.63, 3.8) is 0 Å². The summed E-state index contributed by atoms with van der Waals surface area (Å²) in [4.78, 5) is 18.5. The monoisotopic (exact) mass is 307 g/mol. The second kappa shape index (κ2) is 6.36. The second-order valence-corrected chi connectivity index (χ2v) is 4.79. The molecule has 21 heavy (non-hydrogen) atoms. The maximum absolute atomic E-state index is 11.0. The molecule has 0 saturated heterocycles. The molecule has 7 nitrogen and oxygen atoms in total. The van der Waals surface area contributed by atoms with E-state index in [0.717, 1.165) is 5.56 Å². The van der Waals surface area contributed by atoms with Gasteiger partial charge in [0.15, 0.2) is 0 Å². The summed E-state index contributed by atoms with van der Waals surface area (Å²) in [7, 11) is 1.64. The molecule has 0 fully saturated rings. The van der Waals surface area contributed by atoms with E-state index in [0.29, 0.717) is 11.0 Å². The molecule has 1 atom stereocenters. The Kier molecular flexibility index (Phi) is 4.54. The van der Waals surface area contributed by atoms with Crippen molar-refractivity contribution in [3.8, 4) is 0 Å². The minimum atomic E-state index is -0.521. The Labute approximate surface area is 126 Å². The second-order valence-electron chi connectivity index (χ2n) is 4.36. The van der Waals surface area contributed by atoms with Crippen molar-refractivity contribution in [3.05, 3.63) is 51.2 Å². The molecule has 0 bridgehead atoms. The van der Waals surface area contributed by atoms with Gasteiger partial charge in [-0.1, -0.05) is 23.7 Å². The van der Waals surface area contributed by atoms with E-state index in [2.05, 4.69) is 20.6 Å². The van der Waals surface area contributed by atoms with Crippen LogP contribution in [-0.2, 0) is 0 Å². The molecule has 2 N–H and O–H groups in total. The first-order valence-corrected chi connectivity index (χ1v) is 6.60. The number of nitrogens with zero attached hydrogens (tertiary/aromatic N) is 3. The number of nitro groups is 1. The van der Waals surface area contributed by atoms with Gasteiger partial charge in [-0.25, -0.2) is 4.98 Å². The quantitative estimate of drug-likeness (QED) is 0.650. The first-order chi connectivity index (χ1) is 10.0. The molecule has 0 radical (unpaired) electrons. The average molecular weight is 308 g/mol. The largest absolute Gasteiger partial charge is 0.358 e. The lowest BCUT2D eigenvalue weighted by Crippen LogP contribution is -2.11. The summed E-state index contributed by atoms with van der Waals surface area (Å²) in [5.41, 5.74) is 0.726. The van der Waals surface area contributed by atoms with Crippen molar-refractivity contribution in [2.75, 3.05) is 17.7 Å². The van der Waals surface area contributed by atoms with Gasteiger partial charge in [-0.3, -0.25) is 10.1 Å². The van der Waals surface area contributed by atoms with Crippen LogP contribution in [-0.4, -0.2) is 21.9 Å². The van der Waals surface area contributed by atoms with Crippen molar-refractivity contribution in [2.24, 2.45) is 0 Å². The molecule has 0 amide bonds. The number of benzene rings is 1. The standard InChI is InChI=1S/C13H14ClN5O2/c1-8(9-4-3-5-10(14)6-9)17-12-11(19(20)21)7-16-13(15-2)18-12/h3-8H,1-2H3,(H2,15,16,17,18). The molecular weight excluding hydrogens is 294 g/mol. The predicted octanol–water partition coefficient (Wildman–Crippen LogP) is 3.25. The van der Waals surface area contributed by atoms with E-state index in [-0.39, 0.29) is 17.5 Å². The summed E-state index contributed by atoms with van der Waals surface area (Å²) in [6, 6.07) is 7.08. The van der Waals surface area contributed by atoms with E-state index < -0.39 is 4.92 Å². The number of hydrogen-bond acceptors (Lipinski definition) is 6. The number of hydrogen-bond donors (Lipinski definition) is 2. The predicted molar refractivity (Wildman–Crippen MR) is 81.7 cm³/mol. The molecule has 1 heterocycles. The summed E-state index contributed by atoms with van der Waals surface area (Å²) in [5.74, 6) is 0.466. The Morgan fingerprint density at radius 3 is 2.81 bits per heavy atom. The Bertz CT molecular complexity index is 665. The summed E-state index contributed by atoms with van der Waals surface area (Å²) in [5, 5.41) is 17.4. The van der Waals surface area contributed by atoms with Gasteiger partial charge in [0.05, 0.1) is 11.0 Å². The van der Waals surface area contributed by atoms with Crippen LogP contribution in [0.5, 0.6) is 0 Å². The molecule has 0 aliphatic heterocycles. The van der Waals surface area contributed by atoms with Crippen LogP contribution in [0.25, 0.3) is 0 Å². The molecule has 1 unspecified atom stereocenters. The topological polar surface area (TPSA) is 93.0 Å². The van der Waals surface area contributed by atoms with E-state index in [1.54, 1.807) is 19.2 Å².